The van der Waals surface area contributed by atoms with Crippen molar-refractivity contribution in [2.45, 2.75) is 25.8 Å². The molecule has 4 N–H and O–H groups in total. The van der Waals surface area contributed by atoms with Gasteiger partial charge in [0.1, 0.15) is 6.04 Å². The number of hydrogen-bond acceptors (Lipinski definition) is 3. The van der Waals surface area contributed by atoms with Crippen molar-refractivity contribution in [2.75, 3.05) is 6.54 Å². The van der Waals surface area contributed by atoms with Crippen LogP contribution in [0.15, 0.2) is 12.5 Å². The van der Waals surface area contributed by atoms with Crippen LogP contribution in [0.3, 0.4) is 0 Å². The number of nitrogens with one attached hydrogen (secondary N) is 3. The number of carboxylic acids is 1. The Balaban J connectivity index is 1.78. The summed E-state index contributed by atoms with van der Waals surface area (Å²) in [6.45, 7) is 2.73. The molecule has 1 fully saturated rings. The Bertz CT molecular complexity index is 446. The number of nitrogens with zero attached hydrogens (tertiary/aromatic N) is 1. The molecule has 104 valence electrons. The van der Waals surface area contributed by atoms with Crippen LogP contribution < -0.4 is 10.6 Å². The van der Waals surface area contributed by atoms with Crippen LogP contribution >= 0.6 is 0 Å². The zero-order valence-electron chi connectivity index (χ0n) is 10.7. The van der Waals surface area contributed by atoms with Crippen LogP contribution in [-0.4, -0.2) is 39.7 Å². The lowest BCUT2D eigenvalue weighted by Gasteiger charge is -2.14. The van der Waals surface area contributed by atoms with E-state index in [0.717, 1.165) is 6.42 Å². The van der Waals surface area contributed by atoms with Crippen molar-refractivity contribution in [3.05, 3.63) is 18.2 Å². The normalized spacial score (nSPS) is 22.6. The lowest BCUT2D eigenvalue weighted by molar-refractivity contribution is -0.139. The summed E-state index contributed by atoms with van der Waals surface area (Å²) < 4.78 is 0. The molecule has 0 bridgehead atoms. The van der Waals surface area contributed by atoms with E-state index < -0.39 is 18.0 Å². The molecule has 1 aliphatic rings. The lowest BCUT2D eigenvalue weighted by atomic mass is 10.2. The van der Waals surface area contributed by atoms with Gasteiger partial charge in [-0.05, 0) is 18.3 Å². The second-order valence-electron chi connectivity index (χ2n) is 5.00. The molecule has 1 aromatic rings. The molecule has 0 radical (unpaired) electrons. The van der Waals surface area contributed by atoms with Gasteiger partial charge in [0, 0.05) is 24.9 Å². The van der Waals surface area contributed by atoms with Crippen molar-refractivity contribution in [3.8, 4) is 0 Å². The van der Waals surface area contributed by atoms with E-state index in [2.05, 4.69) is 27.5 Å². The number of amides is 2. The van der Waals surface area contributed by atoms with Gasteiger partial charge in [0.25, 0.3) is 0 Å². The SMILES string of the molecule is CC1CC1CNC(=O)N[C@H](Cc1cnc[nH]1)C(=O)O. The summed E-state index contributed by atoms with van der Waals surface area (Å²) in [5.41, 5.74) is 0.670. The van der Waals surface area contributed by atoms with E-state index in [-0.39, 0.29) is 6.42 Å². The first-order valence-electron chi connectivity index (χ1n) is 6.30. The standard InChI is InChI=1S/C12H18N4O3/c1-7-2-8(7)4-14-12(19)16-10(11(17)18)3-9-5-13-6-15-9/h5-8,10H,2-4H2,1H3,(H,13,15)(H,17,18)(H2,14,16,19)/t7?,8?,10-/m1/s1. The Hall–Kier alpha value is -2.05. The number of rotatable bonds is 6. The van der Waals surface area contributed by atoms with Crippen molar-refractivity contribution < 1.29 is 14.7 Å². The summed E-state index contributed by atoms with van der Waals surface area (Å²) in [6.07, 6.45) is 4.32. The third kappa shape index (κ3) is 3.97. The molecule has 2 amide bonds. The summed E-state index contributed by atoms with van der Waals surface area (Å²) >= 11 is 0. The van der Waals surface area contributed by atoms with Gasteiger partial charge in [-0.25, -0.2) is 14.6 Å². The summed E-state index contributed by atoms with van der Waals surface area (Å²) in [5.74, 6) is 0.117. The van der Waals surface area contributed by atoms with Crippen molar-refractivity contribution >= 4 is 12.0 Å². The molecule has 3 atom stereocenters. The number of carbonyl (C=O) groups excluding carboxylic acids is 1. The highest BCUT2D eigenvalue weighted by Crippen LogP contribution is 2.36. The minimum atomic E-state index is -1.07. The molecule has 1 aliphatic carbocycles. The predicted molar refractivity (Wildman–Crippen MR) is 67.5 cm³/mol. The highest BCUT2D eigenvalue weighted by molar-refractivity contribution is 5.82. The van der Waals surface area contributed by atoms with Gasteiger partial charge in [-0.15, -0.1) is 0 Å². The number of aliphatic carboxylic acids is 1. The van der Waals surface area contributed by atoms with Crippen molar-refractivity contribution in [2.24, 2.45) is 11.8 Å². The molecule has 0 aliphatic heterocycles. The Kier molecular flexibility index (Phi) is 4.03. The minimum absolute atomic E-state index is 0.183. The predicted octanol–water partition coefficient (Wildman–Crippen LogP) is 0.361. The van der Waals surface area contributed by atoms with E-state index in [1.165, 1.54) is 6.33 Å². The Morgan fingerprint density at radius 2 is 2.37 bits per heavy atom. The zero-order chi connectivity index (χ0) is 13.8. The Morgan fingerprint density at radius 1 is 1.63 bits per heavy atom. The topological polar surface area (TPSA) is 107 Å². The molecule has 19 heavy (non-hydrogen) atoms. The van der Waals surface area contributed by atoms with Gasteiger partial charge in [-0.3, -0.25) is 0 Å². The molecule has 7 nitrogen and oxygen atoms in total. The fourth-order valence-electron chi connectivity index (χ4n) is 1.93. The Morgan fingerprint density at radius 3 is 2.89 bits per heavy atom. The summed E-state index contributed by atoms with van der Waals surface area (Å²) in [5, 5.41) is 14.2. The number of aromatic nitrogens is 2. The zero-order valence-corrected chi connectivity index (χ0v) is 10.7. The monoisotopic (exact) mass is 266 g/mol. The number of urea groups is 1. The molecule has 7 heteroatoms. The van der Waals surface area contributed by atoms with Gasteiger partial charge in [-0.1, -0.05) is 6.92 Å². The van der Waals surface area contributed by atoms with Crippen LogP contribution in [-0.2, 0) is 11.2 Å². The van der Waals surface area contributed by atoms with E-state index in [4.69, 9.17) is 5.11 Å². The lowest BCUT2D eigenvalue weighted by Crippen LogP contribution is -2.47. The van der Waals surface area contributed by atoms with Crippen molar-refractivity contribution in [1.29, 1.82) is 0 Å². The fourth-order valence-corrected chi connectivity index (χ4v) is 1.93. The second-order valence-corrected chi connectivity index (χ2v) is 5.00. The van der Waals surface area contributed by atoms with E-state index in [1.807, 2.05) is 0 Å². The van der Waals surface area contributed by atoms with Gasteiger partial charge < -0.3 is 20.7 Å². The molecule has 0 aromatic carbocycles. The van der Waals surface area contributed by atoms with E-state index >= 15 is 0 Å². The highest BCUT2D eigenvalue weighted by atomic mass is 16.4. The number of carboxylic acid groups (broad SMARTS) is 1. The number of imidazole rings is 1. The molecule has 1 saturated carbocycles. The van der Waals surface area contributed by atoms with Gasteiger partial charge in [0.2, 0.25) is 0 Å². The van der Waals surface area contributed by atoms with Crippen LogP contribution in [0.1, 0.15) is 19.0 Å². The second kappa shape index (κ2) is 5.73. The number of H-pyrrole nitrogens is 1. The van der Waals surface area contributed by atoms with Crippen LogP contribution in [0.4, 0.5) is 4.79 Å². The van der Waals surface area contributed by atoms with E-state index in [0.29, 0.717) is 24.1 Å². The molecule has 0 saturated heterocycles. The van der Waals surface area contributed by atoms with Gasteiger partial charge in [0.15, 0.2) is 0 Å². The minimum Gasteiger partial charge on any atom is -0.480 e. The Labute approximate surface area is 110 Å². The van der Waals surface area contributed by atoms with Crippen molar-refractivity contribution in [1.82, 2.24) is 20.6 Å². The molecule has 1 heterocycles. The molecule has 2 unspecified atom stereocenters. The maximum Gasteiger partial charge on any atom is 0.326 e. The van der Waals surface area contributed by atoms with E-state index in [9.17, 15) is 9.59 Å². The number of aromatic amines is 1. The smallest absolute Gasteiger partial charge is 0.326 e. The maximum atomic E-state index is 11.6. The van der Waals surface area contributed by atoms with Crippen LogP contribution in [0.5, 0.6) is 0 Å². The first-order chi connectivity index (χ1) is 9.06. The van der Waals surface area contributed by atoms with Crippen LogP contribution in [0.25, 0.3) is 0 Å². The molecular weight excluding hydrogens is 248 g/mol. The summed E-state index contributed by atoms with van der Waals surface area (Å²) in [4.78, 5) is 29.3. The third-order valence-corrected chi connectivity index (χ3v) is 3.38. The fraction of sp³-hybridized carbons (Fsp3) is 0.583. The summed E-state index contributed by atoms with van der Waals surface area (Å²) in [7, 11) is 0. The van der Waals surface area contributed by atoms with Crippen molar-refractivity contribution in [3.63, 3.8) is 0 Å². The molecule has 2 rings (SSSR count). The van der Waals surface area contributed by atoms with Crippen LogP contribution in [0.2, 0.25) is 0 Å². The van der Waals surface area contributed by atoms with Gasteiger partial charge >= 0.3 is 12.0 Å². The average Bonchev–Trinajstić information content (AvgIpc) is 2.85. The maximum absolute atomic E-state index is 11.6. The highest BCUT2D eigenvalue weighted by Gasteiger charge is 2.32. The van der Waals surface area contributed by atoms with E-state index in [1.54, 1.807) is 6.20 Å². The molecule has 0 spiro atoms. The van der Waals surface area contributed by atoms with Gasteiger partial charge in [-0.2, -0.15) is 0 Å². The first-order valence-corrected chi connectivity index (χ1v) is 6.30. The third-order valence-electron chi connectivity index (χ3n) is 3.38. The molecular formula is C12H18N4O3. The van der Waals surface area contributed by atoms with Gasteiger partial charge in [0.05, 0.1) is 6.33 Å². The van der Waals surface area contributed by atoms with Crippen LogP contribution in [0, 0.1) is 11.8 Å². The molecule has 1 aromatic heterocycles. The number of hydrogen-bond donors (Lipinski definition) is 4. The number of carbonyl (C=O) groups is 2. The average molecular weight is 266 g/mol. The largest absolute Gasteiger partial charge is 0.480 e. The summed E-state index contributed by atoms with van der Waals surface area (Å²) in [6, 6.07) is -1.40. The quantitative estimate of drug-likeness (QED) is 0.596. The first kappa shape index (κ1) is 13.4.